The maximum absolute atomic E-state index is 12.4. The molecule has 2 saturated carbocycles. The predicted molar refractivity (Wildman–Crippen MR) is 62.9 cm³/mol. The Morgan fingerprint density at radius 2 is 2.00 bits per heavy atom. The molecule has 0 saturated heterocycles. The number of carbonyl (C=O) groups is 2. The van der Waals surface area contributed by atoms with Gasteiger partial charge in [0.05, 0.1) is 0 Å². The Morgan fingerprint density at radius 1 is 1.38 bits per heavy atom. The SMILES string of the molecule is CC(=O)/C=C/[C@]1(C)C(=O)[C@H]2C[C@H]2CC1(C)C. The monoisotopic (exact) mass is 220 g/mol. The minimum Gasteiger partial charge on any atom is -0.298 e. The molecule has 0 N–H and O–H groups in total. The van der Waals surface area contributed by atoms with E-state index in [0.717, 1.165) is 12.8 Å². The van der Waals surface area contributed by atoms with Gasteiger partial charge in [0.1, 0.15) is 5.78 Å². The molecule has 0 unspecified atom stereocenters. The number of hydrogen-bond donors (Lipinski definition) is 0. The molecule has 88 valence electrons. The van der Waals surface area contributed by atoms with Gasteiger partial charge < -0.3 is 0 Å². The number of allylic oxidation sites excluding steroid dienone is 2. The van der Waals surface area contributed by atoms with E-state index in [2.05, 4.69) is 13.8 Å². The Morgan fingerprint density at radius 3 is 2.56 bits per heavy atom. The molecule has 3 atom stereocenters. The maximum atomic E-state index is 12.4. The van der Waals surface area contributed by atoms with Crippen molar-refractivity contribution in [3.05, 3.63) is 12.2 Å². The molecule has 2 aliphatic carbocycles. The molecule has 16 heavy (non-hydrogen) atoms. The average molecular weight is 220 g/mol. The lowest BCUT2D eigenvalue weighted by atomic mass is 9.58. The van der Waals surface area contributed by atoms with Crippen molar-refractivity contribution in [2.45, 2.75) is 40.5 Å². The molecule has 0 bridgehead atoms. The summed E-state index contributed by atoms with van der Waals surface area (Å²) in [5, 5.41) is 0. The molecule has 2 fully saturated rings. The third-order valence-corrected chi connectivity index (χ3v) is 4.60. The van der Waals surface area contributed by atoms with E-state index in [1.54, 1.807) is 6.08 Å². The summed E-state index contributed by atoms with van der Waals surface area (Å²) in [4.78, 5) is 23.4. The first-order valence-electron chi connectivity index (χ1n) is 6.02. The third-order valence-electron chi connectivity index (χ3n) is 4.60. The summed E-state index contributed by atoms with van der Waals surface area (Å²) in [6.45, 7) is 7.80. The highest BCUT2D eigenvalue weighted by molar-refractivity contribution is 5.94. The highest BCUT2D eigenvalue weighted by atomic mass is 16.1. The molecule has 0 heterocycles. The Balaban J connectivity index is 2.34. The second-order valence-electron chi connectivity index (χ2n) is 6.20. The molecule has 2 rings (SSSR count). The quantitative estimate of drug-likeness (QED) is 0.671. The van der Waals surface area contributed by atoms with Gasteiger partial charge in [0.25, 0.3) is 0 Å². The van der Waals surface area contributed by atoms with Crippen molar-refractivity contribution >= 4 is 11.6 Å². The second-order valence-corrected chi connectivity index (χ2v) is 6.20. The van der Waals surface area contributed by atoms with Crippen molar-refractivity contribution in [3.63, 3.8) is 0 Å². The zero-order valence-electron chi connectivity index (χ0n) is 10.5. The van der Waals surface area contributed by atoms with Crippen LogP contribution in [-0.4, -0.2) is 11.6 Å². The number of fused-ring (bicyclic) bond motifs is 1. The summed E-state index contributed by atoms with van der Waals surface area (Å²) in [6, 6.07) is 0. The van der Waals surface area contributed by atoms with Crippen LogP contribution in [0.5, 0.6) is 0 Å². The Bertz CT molecular complexity index is 378. The Kier molecular flexibility index (Phi) is 2.37. The zero-order valence-corrected chi connectivity index (χ0v) is 10.5. The molecular weight excluding hydrogens is 200 g/mol. The van der Waals surface area contributed by atoms with Crippen molar-refractivity contribution in [1.29, 1.82) is 0 Å². The van der Waals surface area contributed by atoms with Crippen LogP contribution in [0.2, 0.25) is 0 Å². The van der Waals surface area contributed by atoms with Gasteiger partial charge in [0.2, 0.25) is 0 Å². The van der Waals surface area contributed by atoms with Crippen molar-refractivity contribution in [2.75, 3.05) is 0 Å². The van der Waals surface area contributed by atoms with E-state index >= 15 is 0 Å². The molecule has 0 aromatic heterocycles. The third kappa shape index (κ3) is 1.55. The van der Waals surface area contributed by atoms with Crippen molar-refractivity contribution < 1.29 is 9.59 Å². The molecule has 0 amide bonds. The second kappa shape index (κ2) is 3.28. The topological polar surface area (TPSA) is 34.1 Å². The first-order chi connectivity index (χ1) is 7.28. The molecule has 2 heteroatoms. The lowest BCUT2D eigenvalue weighted by Crippen LogP contribution is -2.45. The smallest absolute Gasteiger partial charge is 0.152 e. The van der Waals surface area contributed by atoms with Crippen LogP contribution >= 0.6 is 0 Å². The highest BCUT2D eigenvalue weighted by Gasteiger charge is 2.60. The standard InChI is InChI=1S/C14H20O2/c1-9(15)5-6-14(4)12(16)11-7-10(11)8-13(14,2)3/h5-6,10-11H,7-8H2,1-4H3/b6-5+/t10-,11-,14+/m0/s1. The summed E-state index contributed by atoms with van der Waals surface area (Å²) < 4.78 is 0. The first-order valence-corrected chi connectivity index (χ1v) is 6.02. The van der Waals surface area contributed by atoms with Crippen molar-refractivity contribution in [3.8, 4) is 0 Å². The first kappa shape index (κ1) is 11.6. The van der Waals surface area contributed by atoms with Gasteiger partial charge in [-0.15, -0.1) is 0 Å². The van der Waals surface area contributed by atoms with E-state index in [4.69, 9.17) is 0 Å². The number of rotatable bonds is 2. The van der Waals surface area contributed by atoms with E-state index in [1.807, 2.05) is 13.0 Å². The molecule has 2 nitrogen and oxygen atoms in total. The van der Waals surface area contributed by atoms with E-state index in [-0.39, 0.29) is 17.1 Å². The van der Waals surface area contributed by atoms with Crippen LogP contribution in [0.15, 0.2) is 12.2 Å². The number of Topliss-reactive ketones (excluding diaryl/α,β-unsaturated/α-hetero) is 1. The van der Waals surface area contributed by atoms with Crippen LogP contribution in [0.1, 0.15) is 40.5 Å². The molecule has 0 aliphatic heterocycles. The van der Waals surface area contributed by atoms with Crippen LogP contribution in [-0.2, 0) is 9.59 Å². The van der Waals surface area contributed by atoms with Crippen LogP contribution in [0, 0.1) is 22.7 Å². The molecule has 0 spiro atoms. The van der Waals surface area contributed by atoms with E-state index in [0.29, 0.717) is 11.7 Å². The largest absolute Gasteiger partial charge is 0.298 e. The minimum atomic E-state index is -0.462. The summed E-state index contributed by atoms with van der Waals surface area (Å²) in [6.07, 6.45) is 5.56. The minimum absolute atomic E-state index is 0.0164. The van der Waals surface area contributed by atoms with Gasteiger partial charge >= 0.3 is 0 Å². The van der Waals surface area contributed by atoms with Gasteiger partial charge in [-0.1, -0.05) is 19.9 Å². The van der Waals surface area contributed by atoms with E-state index in [1.165, 1.54) is 6.92 Å². The summed E-state index contributed by atoms with van der Waals surface area (Å²) in [5.41, 5.74) is -0.496. The lowest BCUT2D eigenvalue weighted by molar-refractivity contribution is -0.135. The number of ketones is 2. The maximum Gasteiger partial charge on any atom is 0.152 e. The number of carbonyl (C=O) groups excluding carboxylic acids is 2. The van der Waals surface area contributed by atoms with Crippen molar-refractivity contribution in [2.24, 2.45) is 22.7 Å². The molecule has 2 aliphatic rings. The van der Waals surface area contributed by atoms with Crippen LogP contribution in [0.4, 0.5) is 0 Å². The summed E-state index contributed by atoms with van der Waals surface area (Å²) in [5.74, 6) is 1.24. The molecule has 0 aromatic carbocycles. The fourth-order valence-corrected chi connectivity index (χ4v) is 2.97. The van der Waals surface area contributed by atoms with Gasteiger partial charge in [-0.2, -0.15) is 0 Å². The van der Waals surface area contributed by atoms with Gasteiger partial charge in [0.15, 0.2) is 5.78 Å². The highest BCUT2D eigenvalue weighted by Crippen LogP contribution is 2.61. The fourth-order valence-electron chi connectivity index (χ4n) is 2.97. The average Bonchev–Trinajstić information content (AvgIpc) is 2.89. The van der Waals surface area contributed by atoms with Crippen LogP contribution in [0.25, 0.3) is 0 Å². The lowest BCUT2D eigenvalue weighted by Gasteiger charge is -2.44. The number of hydrogen-bond acceptors (Lipinski definition) is 2. The summed E-state index contributed by atoms with van der Waals surface area (Å²) >= 11 is 0. The van der Waals surface area contributed by atoms with Gasteiger partial charge in [-0.3, -0.25) is 9.59 Å². The molecule has 0 radical (unpaired) electrons. The fraction of sp³-hybridized carbons (Fsp3) is 0.714. The van der Waals surface area contributed by atoms with Crippen molar-refractivity contribution in [1.82, 2.24) is 0 Å². The summed E-state index contributed by atoms with van der Waals surface area (Å²) in [7, 11) is 0. The van der Waals surface area contributed by atoms with Gasteiger partial charge in [-0.05, 0) is 44.1 Å². The molecule has 0 aromatic rings. The molecular formula is C14H20O2. The van der Waals surface area contributed by atoms with E-state index in [9.17, 15) is 9.59 Å². The normalized spacial score (nSPS) is 40.9. The predicted octanol–water partition coefficient (Wildman–Crippen LogP) is 2.77. The van der Waals surface area contributed by atoms with Gasteiger partial charge in [-0.25, -0.2) is 0 Å². The zero-order chi connectivity index (χ0) is 12.1. The van der Waals surface area contributed by atoms with E-state index < -0.39 is 5.41 Å². The Labute approximate surface area is 97.1 Å². The Hall–Kier alpha value is -0.920. The van der Waals surface area contributed by atoms with Crippen LogP contribution in [0.3, 0.4) is 0 Å². The van der Waals surface area contributed by atoms with Gasteiger partial charge in [0, 0.05) is 11.3 Å². The van der Waals surface area contributed by atoms with Crippen LogP contribution < -0.4 is 0 Å².